The largest absolute Gasteiger partial charge is 0.378 e. The summed E-state index contributed by atoms with van der Waals surface area (Å²) in [5, 5.41) is 4.82. The fraction of sp³-hybridized carbons (Fsp3) is 0.167. The fourth-order valence-corrected chi connectivity index (χ4v) is 6.72. The van der Waals surface area contributed by atoms with Gasteiger partial charge in [0.1, 0.15) is 0 Å². The number of halogens is 3. The minimum absolute atomic E-state index is 0.0639. The van der Waals surface area contributed by atoms with Crippen molar-refractivity contribution in [2.45, 2.75) is 23.3 Å². The highest BCUT2D eigenvalue weighted by molar-refractivity contribution is 9.10. The van der Waals surface area contributed by atoms with Gasteiger partial charge in [-0.05, 0) is 66.4 Å². The first kappa shape index (κ1) is 21.8. The molecular weight excluding hydrogens is 531 g/mol. The number of benzene rings is 3. The molecule has 0 saturated carbocycles. The summed E-state index contributed by atoms with van der Waals surface area (Å²) in [6.45, 7) is 0. The average Bonchev–Trinajstić information content (AvgIpc) is 3.23. The van der Waals surface area contributed by atoms with E-state index >= 15 is 0 Å². The zero-order valence-electron chi connectivity index (χ0n) is 16.7. The van der Waals surface area contributed by atoms with Crippen molar-refractivity contribution in [2.24, 2.45) is 5.92 Å². The predicted molar refractivity (Wildman–Crippen MR) is 134 cm³/mol. The van der Waals surface area contributed by atoms with Gasteiger partial charge in [-0.2, -0.15) is 0 Å². The summed E-state index contributed by atoms with van der Waals surface area (Å²) in [5.74, 6) is 0.264. The van der Waals surface area contributed by atoms with Gasteiger partial charge in [0.15, 0.2) is 0 Å². The molecule has 3 atom stereocenters. The normalized spacial score (nSPS) is 21.5. The van der Waals surface area contributed by atoms with Gasteiger partial charge in [0.2, 0.25) is 0 Å². The highest BCUT2D eigenvalue weighted by Crippen LogP contribution is 2.52. The molecule has 1 heterocycles. The highest BCUT2D eigenvalue weighted by atomic mass is 79.9. The maximum absolute atomic E-state index is 13.1. The summed E-state index contributed by atoms with van der Waals surface area (Å²) in [4.78, 5) is 0.228. The molecule has 0 radical (unpaired) electrons. The van der Waals surface area contributed by atoms with Gasteiger partial charge in [0.25, 0.3) is 10.0 Å². The van der Waals surface area contributed by atoms with E-state index < -0.39 is 10.0 Å². The van der Waals surface area contributed by atoms with E-state index in [-0.39, 0.29) is 22.8 Å². The van der Waals surface area contributed by atoms with Crippen LogP contribution < -0.4 is 10.0 Å². The van der Waals surface area contributed by atoms with Crippen LogP contribution in [0.1, 0.15) is 29.5 Å². The summed E-state index contributed by atoms with van der Waals surface area (Å²) in [6.07, 6.45) is 5.15. The molecule has 0 saturated heterocycles. The number of fused-ring (bicyclic) bond motifs is 3. The summed E-state index contributed by atoms with van der Waals surface area (Å²) < 4.78 is 29.6. The molecule has 2 aliphatic rings. The summed E-state index contributed by atoms with van der Waals surface area (Å²) in [7, 11) is -3.74. The van der Waals surface area contributed by atoms with E-state index in [9.17, 15) is 8.42 Å². The molecule has 0 fully saturated rings. The first-order chi connectivity index (χ1) is 15.3. The molecule has 3 aromatic carbocycles. The van der Waals surface area contributed by atoms with Crippen LogP contribution in [-0.2, 0) is 10.0 Å². The van der Waals surface area contributed by atoms with Crippen molar-refractivity contribution in [3.8, 4) is 0 Å². The number of rotatable bonds is 4. The molecule has 2 N–H and O–H groups in total. The zero-order chi connectivity index (χ0) is 22.5. The Morgan fingerprint density at radius 3 is 2.50 bits per heavy atom. The molecular formula is C24H19BrCl2N2O2S. The molecule has 3 aromatic rings. The van der Waals surface area contributed by atoms with E-state index in [0.717, 1.165) is 27.7 Å². The van der Waals surface area contributed by atoms with Gasteiger partial charge < -0.3 is 5.32 Å². The Morgan fingerprint density at radius 1 is 1.00 bits per heavy atom. The smallest absolute Gasteiger partial charge is 0.261 e. The zero-order valence-corrected chi connectivity index (χ0v) is 20.6. The Kier molecular flexibility index (Phi) is 5.74. The average molecular weight is 550 g/mol. The number of sulfonamides is 1. The van der Waals surface area contributed by atoms with Crippen molar-refractivity contribution in [3.63, 3.8) is 0 Å². The van der Waals surface area contributed by atoms with E-state index in [4.69, 9.17) is 23.2 Å². The molecule has 0 aromatic heterocycles. The number of anilines is 2. The van der Waals surface area contributed by atoms with Crippen LogP contribution in [0.3, 0.4) is 0 Å². The minimum Gasteiger partial charge on any atom is -0.378 e. The molecule has 0 spiro atoms. The maximum Gasteiger partial charge on any atom is 0.261 e. The number of hydrogen-bond donors (Lipinski definition) is 2. The van der Waals surface area contributed by atoms with Gasteiger partial charge in [0.05, 0.1) is 10.9 Å². The van der Waals surface area contributed by atoms with Crippen LogP contribution >= 0.6 is 39.1 Å². The molecule has 5 rings (SSSR count). The predicted octanol–water partition coefficient (Wildman–Crippen LogP) is 7.38. The van der Waals surface area contributed by atoms with Crippen LogP contribution in [0.2, 0.25) is 10.0 Å². The minimum atomic E-state index is -3.74. The lowest BCUT2D eigenvalue weighted by Gasteiger charge is -2.38. The highest BCUT2D eigenvalue weighted by Gasteiger charge is 2.40. The van der Waals surface area contributed by atoms with Gasteiger partial charge in [-0.25, -0.2) is 8.42 Å². The summed E-state index contributed by atoms with van der Waals surface area (Å²) in [6, 6.07) is 17.8. The van der Waals surface area contributed by atoms with Crippen LogP contribution in [0.5, 0.6) is 0 Å². The van der Waals surface area contributed by atoms with E-state index in [1.807, 2.05) is 30.3 Å². The second-order valence-electron chi connectivity index (χ2n) is 7.98. The van der Waals surface area contributed by atoms with E-state index in [1.54, 1.807) is 30.3 Å². The lowest BCUT2D eigenvalue weighted by Crippen LogP contribution is -2.29. The number of nitrogens with one attached hydrogen (secondary N) is 2. The second-order valence-corrected chi connectivity index (χ2v) is 11.4. The fourth-order valence-electron chi connectivity index (χ4n) is 4.60. The Labute approximate surface area is 205 Å². The van der Waals surface area contributed by atoms with Crippen molar-refractivity contribution >= 4 is 60.5 Å². The van der Waals surface area contributed by atoms with Crippen molar-refractivity contribution in [1.29, 1.82) is 0 Å². The SMILES string of the molecule is O=S(=O)(Nc1cccc(Br)c1)c1ccc2c(c1)[C@H]1C=CC[C@H]1[C@@H](c1c(Cl)cccc1Cl)N2. The van der Waals surface area contributed by atoms with Crippen molar-refractivity contribution in [1.82, 2.24) is 0 Å². The molecule has 32 heavy (non-hydrogen) atoms. The van der Waals surface area contributed by atoms with Gasteiger partial charge >= 0.3 is 0 Å². The van der Waals surface area contributed by atoms with Gasteiger partial charge in [-0.3, -0.25) is 4.72 Å². The first-order valence-electron chi connectivity index (χ1n) is 10.1. The quantitative estimate of drug-likeness (QED) is 0.334. The van der Waals surface area contributed by atoms with Crippen LogP contribution in [0, 0.1) is 5.92 Å². The topological polar surface area (TPSA) is 58.2 Å². The van der Waals surface area contributed by atoms with Crippen LogP contribution in [0.15, 0.2) is 82.2 Å². The van der Waals surface area contributed by atoms with Crippen molar-refractivity contribution in [2.75, 3.05) is 10.0 Å². The Balaban J connectivity index is 1.52. The summed E-state index contributed by atoms with van der Waals surface area (Å²) in [5.41, 5.74) is 3.23. The molecule has 8 heteroatoms. The maximum atomic E-state index is 13.1. The molecule has 1 aliphatic heterocycles. The molecule has 0 bridgehead atoms. The second kappa shape index (κ2) is 8.41. The van der Waals surface area contributed by atoms with E-state index in [0.29, 0.717) is 15.7 Å². The van der Waals surface area contributed by atoms with Crippen LogP contribution in [-0.4, -0.2) is 8.42 Å². The number of hydrogen-bond acceptors (Lipinski definition) is 3. The lowest BCUT2D eigenvalue weighted by molar-refractivity contribution is 0.425. The third kappa shape index (κ3) is 3.94. The molecule has 1 aliphatic carbocycles. The Hall–Kier alpha value is -1.99. The van der Waals surface area contributed by atoms with Gasteiger partial charge in [-0.15, -0.1) is 0 Å². The van der Waals surface area contributed by atoms with Crippen molar-refractivity contribution in [3.05, 3.63) is 98.5 Å². The van der Waals surface area contributed by atoms with Crippen LogP contribution in [0.4, 0.5) is 11.4 Å². The van der Waals surface area contributed by atoms with Gasteiger partial charge in [-0.1, -0.05) is 63.4 Å². The molecule has 0 unspecified atom stereocenters. The van der Waals surface area contributed by atoms with Crippen LogP contribution in [0.25, 0.3) is 0 Å². The summed E-state index contributed by atoms with van der Waals surface area (Å²) >= 11 is 16.4. The lowest BCUT2D eigenvalue weighted by atomic mass is 9.77. The van der Waals surface area contributed by atoms with Gasteiger partial charge in [0, 0.05) is 37.4 Å². The Bertz CT molecular complexity index is 1320. The van der Waals surface area contributed by atoms with E-state index in [1.165, 1.54) is 0 Å². The third-order valence-electron chi connectivity index (χ3n) is 6.03. The monoisotopic (exact) mass is 548 g/mol. The molecule has 164 valence electrons. The Morgan fingerprint density at radius 2 is 1.75 bits per heavy atom. The van der Waals surface area contributed by atoms with E-state index in [2.05, 4.69) is 38.1 Å². The third-order valence-corrected chi connectivity index (χ3v) is 8.56. The standard InChI is InChI=1S/C24H19BrCl2N2O2S/c25-14-4-1-5-15(12-14)29-32(30,31)16-10-11-22-19(13-16)17-6-2-7-18(17)24(28-22)23-20(26)8-3-9-21(23)27/h1-6,8-13,17-18,24,28-29H,7H2/t17-,18+,24-/m0/s1. The molecule has 4 nitrogen and oxygen atoms in total. The number of allylic oxidation sites excluding steroid dienone is 2. The first-order valence-corrected chi connectivity index (χ1v) is 13.2. The van der Waals surface area contributed by atoms with Crippen molar-refractivity contribution < 1.29 is 8.42 Å². The molecule has 0 amide bonds.